The standard InChI is InChI=1S/C28H31FN2O5/c1-16-17(2)26-21(27(34)31(15-30-26)23-6-10-36-14-25(23)33)13-19(16)11-18-3-4-20(22(29)12-18)24(32)5-7-28(35)8-9-28/h3-4,12-13,15,23,25,33,35H,5-11,14H2,1-2H3/t23-,25-/m0/s1. The summed E-state index contributed by atoms with van der Waals surface area (Å²) >= 11 is 0. The fourth-order valence-corrected chi connectivity index (χ4v) is 5.06. The maximum absolute atomic E-state index is 14.9. The van der Waals surface area contributed by atoms with Crippen LogP contribution in [0.25, 0.3) is 10.9 Å². The summed E-state index contributed by atoms with van der Waals surface area (Å²) in [6.45, 7) is 4.52. The van der Waals surface area contributed by atoms with Crippen molar-refractivity contribution in [2.45, 2.75) is 70.1 Å². The molecule has 190 valence electrons. The van der Waals surface area contributed by atoms with Gasteiger partial charge in [0, 0.05) is 13.0 Å². The summed E-state index contributed by atoms with van der Waals surface area (Å²) in [5, 5.41) is 20.8. The molecule has 0 radical (unpaired) electrons. The van der Waals surface area contributed by atoms with Gasteiger partial charge in [-0.15, -0.1) is 0 Å². The average molecular weight is 495 g/mol. The maximum atomic E-state index is 14.9. The van der Waals surface area contributed by atoms with Gasteiger partial charge in [-0.1, -0.05) is 6.07 Å². The van der Waals surface area contributed by atoms with Crippen molar-refractivity contribution in [3.63, 3.8) is 0 Å². The van der Waals surface area contributed by atoms with E-state index < -0.39 is 23.6 Å². The largest absolute Gasteiger partial charge is 0.390 e. The van der Waals surface area contributed by atoms with Gasteiger partial charge < -0.3 is 14.9 Å². The van der Waals surface area contributed by atoms with E-state index in [-0.39, 0.29) is 29.9 Å². The van der Waals surface area contributed by atoms with Gasteiger partial charge in [0.1, 0.15) is 5.82 Å². The molecule has 0 amide bonds. The van der Waals surface area contributed by atoms with Crippen LogP contribution in [-0.2, 0) is 11.2 Å². The number of aliphatic hydroxyl groups is 2. The lowest BCUT2D eigenvalue weighted by Gasteiger charge is -2.29. The number of halogens is 1. The number of benzene rings is 2. The number of fused-ring (bicyclic) bond motifs is 1. The zero-order valence-corrected chi connectivity index (χ0v) is 20.6. The van der Waals surface area contributed by atoms with Crippen LogP contribution in [0, 0.1) is 19.7 Å². The third kappa shape index (κ3) is 4.73. The van der Waals surface area contributed by atoms with Crippen molar-refractivity contribution in [3.8, 4) is 0 Å². The number of nitrogens with zero attached hydrogens (tertiary/aromatic N) is 2. The van der Waals surface area contributed by atoms with Gasteiger partial charge in [0.2, 0.25) is 0 Å². The third-order valence-corrected chi connectivity index (χ3v) is 7.77. The van der Waals surface area contributed by atoms with Crippen molar-refractivity contribution < 1.29 is 24.1 Å². The summed E-state index contributed by atoms with van der Waals surface area (Å²) < 4.78 is 21.6. The number of aliphatic hydroxyl groups excluding tert-OH is 1. The molecule has 1 saturated heterocycles. The van der Waals surface area contributed by atoms with E-state index in [9.17, 15) is 24.2 Å². The second-order valence-corrected chi connectivity index (χ2v) is 10.3. The maximum Gasteiger partial charge on any atom is 0.261 e. The van der Waals surface area contributed by atoms with Crippen LogP contribution in [0.4, 0.5) is 4.39 Å². The Morgan fingerprint density at radius 2 is 2.03 bits per heavy atom. The summed E-state index contributed by atoms with van der Waals surface area (Å²) in [4.78, 5) is 30.4. The number of hydrogen-bond donors (Lipinski definition) is 2. The highest BCUT2D eigenvalue weighted by atomic mass is 19.1. The summed E-state index contributed by atoms with van der Waals surface area (Å²) in [5.74, 6) is -0.882. The van der Waals surface area contributed by atoms with Gasteiger partial charge in [-0.3, -0.25) is 14.2 Å². The molecule has 1 saturated carbocycles. The van der Waals surface area contributed by atoms with Crippen LogP contribution in [-0.4, -0.2) is 50.5 Å². The number of aryl methyl sites for hydroxylation is 1. The number of aromatic nitrogens is 2. The molecule has 8 heteroatoms. The number of carbonyl (C=O) groups excluding carboxylic acids is 1. The molecule has 5 rings (SSSR count). The highest BCUT2D eigenvalue weighted by molar-refractivity contribution is 5.96. The Hall–Kier alpha value is -2.94. The van der Waals surface area contributed by atoms with Crippen molar-refractivity contribution in [1.82, 2.24) is 9.55 Å². The molecule has 36 heavy (non-hydrogen) atoms. The first-order chi connectivity index (χ1) is 17.2. The van der Waals surface area contributed by atoms with Gasteiger partial charge >= 0.3 is 0 Å². The molecule has 0 unspecified atom stereocenters. The lowest BCUT2D eigenvalue weighted by atomic mass is 9.93. The molecular formula is C28H31FN2O5. The number of carbonyl (C=O) groups is 1. The Balaban J connectivity index is 1.43. The number of hydrogen-bond acceptors (Lipinski definition) is 6. The highest BCUT2D eigenvalue weighted by Crippen LogP contribution is 2.39. The molecule has 2 fully saturated rings. The van der Waals surface area contributed by atoms with Crippen molar-refractivity contribution in [2.75, 3.05) is 13.2 Å². The Morgan fingerprint density at radius 3 is 2.72 bits per heavy atom. The second-order valence-electron chi connectivity index (χ2n) is 10.3. The minimum atomic E-state index is -0.780. The Morgan fingerprint density at radius 1 is 1.25 bits per heavy atom. The first kappa shape index (κ1) is 24.7. The molecule has 2 atom stereocenters. The highest BCUT2D eigenvalue weighted by Gasteiger charge is 2.40. The summed E-state index contributed by atoms with van der Waals surface area (Å²) in [6, 6.07) is 6.03. The molecule has 0 bridgehead atoms. The SMILES string of the molecule is Cc1c(Cc2ccc(C(=O)CCC3(O)CC3)c(F)c2)cc2c(=O)n([C@H]3CCOC[C@@H]3O)cnc2c1C. The van der Waals surface area contributed by atoms with Crippen LogP contribution < -0.4 is 5.56 Å². The number of rotatable bonds is 7. The lowest BCUT2D eigenvalue weighted by molar-refractivity contribution is -0.0395. The molecule has 1 aromatic heterocycles. The average Bonchev–Trinajstić information content (AvgIpc) is 3.59. The number of ether oxygens (including phenoxy) is 1. The summed E-state index contributed by atoms with van der Waals surface area (Å²) in [5.41, 5.74) is 3.10. The van der Waals surface area contributed by atoms with Crippen molar-refractivity contribution in [3.05, 3.63) is 74.6 Å². The van der Waals surface area contributed by atoms with Gasteiger partial charge in [-0.2, -0.15) is 0 Å². The molecule has 7 nitrogen and oxygen atoms in total. The van der Waals surface area contributed by atoms with E-state index in [0.29, 0.717) is 55.2 Å². The Bertz CT molecular complexity index is 1390. The number of Topliss-reactive ketones (excluding diaryl/α,β-unsaturated/α-hetero) is 1. The van der Waals surface area contributed by atoms with E-state index in [0.717, 1.165) is 16.7 Å². The van der Waals surface area contributed by atoms with E-state index in [1.807, 2.05) is 19.9 Å². The monoisotopic (exact) mass is 494 g/mol. The second kappa shape index (κ2) is 9.50. The van der Waals surface area contributed by atoms with E-state index in [1.54, 1.807) is 6.07 Å². The zero-order chi connectivity index (χ0) is 25.6. The van der Waals surface area contributed by atoms with E-state index in [4.69, 9.17) is 4.74 Å². The molecule has 1 aliphatic carbocycles. The first-order valence-corrected chi connectivity index (χ1v) is 12.5. The smallest absolute Gasteiger partial charge is 0.261 e. The van der Waals surface area contributed by atoms with Crippen LogP contribution in [0.15, 0.2) is 35.4 Å². The van der Waals surface area contributed by atoms with Gasteiger partial charge in [0.15, 0.2) is 5.78 Å². The quantitative estimate of drug-likeness (QED) is 0.487. The minimum absolute atomic E-state index is 0.0384. The molecule has 2 N–H and O–H groups in total. The molecule has 0 spiro atoms. The third-order valence-electron chi connectivity index (χ3n) is 7.77. The van der Waals surface area contributed by atoms with Crippen molar-refractivity contribution in [1.29, 1.82) is 0 Å². The van der Waals surface area contributed by atoms with E-state index in [1.165, 1.54) is 23.0 Å². The first-order valence-electron chi connectivity index (χ1n) is 12.5. The van der Waals surface area contributed by atoms with Crippen LogP contribution in [0.3, 0.4) is 0 Å². The zero-order valence-electron chi connectivity index (χ0n) is 20.6. The molecule has 2 aliphatic rings. The van der Waals surface area contributed by atoms with Gasteiger partial charge in [0.25, 0.3) is 5.56 Å². The summed E-state index contributed by atoms with van der Waals surface area (Å²) in [6.07, 6.45) is 3.51. The molecule has 1 aliphatic heterocycles. The van der Waals surface area contributed by atoms with Crippen LogP contribution >= 0.6 is 0 Å². The van der Waals surface area contributed by atoms with Gasteiger partial charge in [-0.25, -0.2) is 9.37 Å². The topological polar surface area (TPSA) is 102 Å². The normalized spacial score (nSPS) is 21.0. The fraction of sp³-hybridized carbons (Fsp3) is 0.464. The van der Waals surface area contributed by atoms with Gasteiger partial charge in [0.05, 0.1) is 47.1 Å². The van der Waals surface area contributed by atoms with Crippen LogP contribution in [0.2, 0.25) is 0 Å². The van der Waals surface area contributed by atoms with E-state index >= 15 is 0 Å². The molecule has 2 heterocycles. The number of ketones is 1. The predicted molar refractivity (Wildman–Crippen MR) is 133 cm³/mol. The lowest BCUT2D eigenvalue weighted by Crippen LogP contribution is -2.39. The fourth-order valence-electron chi connectivity index (χ4n) is 5.06. The van der Waals surface area contributed by atoms with Crippen molar-refractivity contribution in [2.24, 2.45) is 0 Å². The molecule has 2 aromatic carbocycles. The van der Waals surface area contributed by atoms with Crippen LogP contribution in [0.1, 0.15) is 70.8 Å². The van der Waals surface area contributed by atoms with Gasteiger partial charge in [-0.05, 0) is 86.4 Å². The van der Waals surface area contributed by atoms with Crippen molar-refractivity contribution >= 4 is 16.7 Å². The van der Waals surface area contributed by atoms with Crippen LogP contribution in [0.5, 0.6) is 0 Å². The summed E-state index contributed by atoms with van der Waals surface area (Å²) in [7, 11) is 0. The molecular weight excluding hydrogens is 463 g/mol. The minimum Gasteiger partial charge on any atom is -0.390 e. The molecule has 3 aromatic rings. The Kier molecular flexibility index (Phi) is 6.53. The predicted octanol–water partition coefficient (Wildman–Crippen LogP) is 3.55. The van der Waals surface area contributed by atoms with E-state index in [2.05, 4.69) is 4.98 Å². The Labute approximate surface area is 208 Å².